The molecule has 0 bridgehead atoms. The van der Waals surface area contributed by atoms with E-state index in [4.69, 9.17) is 11.6 Å². The molecule has 18 heavy (non-hydrogen) atoms. The van der Waals surface area contributed by atoms with Crippen LogP contribution in [0.1, 0.15) is 10.4 Å². The molecule has 4 nitrogen and oxygen atoms in total. The summed E-state index contributed by atoms with van der Waals surface area (Å²) >= 11 is 9.26. The Hall–Kier alpha value is -0.490. The van der Waals surface area contributed by atoms with Crippen LogP contribution < -0.4 is 0 Å². The number of Topliss-reactive ketones (excluding diaryl/α,β-unsaturated/α-hetero) is 1. The molecule has 1 aliphatic heterocycles. The molecule has 0 spiro atoms. The number of carbonyl (C=O) groups is 1. The molecule has 0 aliphatic carbocycles. The molecule has 0 saturated carbocycles. The Morgan fingerprint density at radius 3 is 2.78 bits per heavy atom. The molecule has 6 heteroatoms. The van der Waals surface area contributed by atoms with E-state index in [9.17, 15) is 4.79 Å². The lowest BCUT2D eigenvalue weighted by Crippen LogP contribution is -2.46. The number of hydrogen-bond acceptors (Lipinski definition) is 4. The number of hydrogen-bond donors (Lipinski definition) is 0. The number of rotatable bonds is 3. The van der Waals surface area contributed by atoms with E-state index in [1.165, 1.54) is 0 Å². The van der Waals surface area contributed by atoms with E-state index in [2.05, 4.69) is 37.8 Å². The maximum absolute atomic E-state index is 12.2. The van der Waals surface area contributed by atoms with Gasteiger partial charge in [-0.3, -0.25) is 9.69 Å². The maximum atomic E-state index is 12.2. The highest BCUT2D eigenvalue weighted by Crippen LogP contribution is 2.19. The highest BCUT2D eigenvalue weighted by molar-refractivity contribution is 9.10. The molecule has 1 fully saturated rings. The van der Waals surface area contributed by atoms with Gasteiger partial charge in [-0.25, -0.2) is 4.98 Å². The smallest absolute Gasteiger partial charge is 0.179 e. The van der Waals surface area contributed by atoms with E-state index < -0.39 is 0 Å². The summed E-state index contributed by atoms with van der Waals surface area (Å²) in [4.78, 5) is 20.6. The summed E-state index contributed by atoms with van der Waals surface area (Å²) < 4.78 is 0.772. The second-order valence-corrected chi connectivity index (χ2v) is 5.77. The highest BCUT2D eigenvalue weighted by atomic mass is 79.9. The Morgan fingerprint density at radius 1 is 1.44 bits per heavy atom. The van der Waals surface area contributed by atoms with Gasteiger partial charge in [-0.15, -0.1) is 0 Å². The molecule has 1 aliphatic rings. The summed E-state index contributed by atoms with van der Waals surface area (Å²) in [6.07, 6.45) is 1.59. The molecule has 0 aromatic carbocycles. The number of halogens is 2. The van der Waals surface area contributed by atoms with Gasteiger partial charge in [0.2, 0.25) is 0 Å². The van der Waals surface area contributed by atoms with E-state index in [0.29, 0.717) is 12.1 Å². The molecule has 0 atom stereocenters. The fraction of sp³-hybridized carbons (Fsp3) is 0.500. The fourth-order valence-corrected chi connectivity index (χ4v) is 2.45. The summed E-state index contributed by atoms with van der Waals surface area (Å²) in [6.45, 7) is 4.24. The zero-order valence-electron chi connectivity index (χ0n) is 10.2. The average molecular weight is 333 g/mol. The van der Waals surface area contributed by atoms with Crippen LogP contribution in [0.5, 0.6) is 0 Å². The minimum atomic E-state index is 0.0263. The SMILES string of the molecule is CN1CCN(CC(=O)c2cc(Br)cnc2Cl)CC1. The monoisotopic (exact) mass is 331 g/mol. The van der Waals surface area contributed by atoms with Crippen LogP contribution in [0, 0.1) is 0 Å². The van der Waals surface area contributed by atoms with Crippen LogP contribution in [-0.4, -0.2) is 60.3 Å². The molecule has 0 unspecified atom stereocenters. The van der Waals surface area contributed by atoms with Crippen LogP contribution >= 0.6 is 27.5 Å². The number of pyridine rings is 1. The molecule has 1 aromatic heterocycles. The minimum Gasteiger partial charge on any atom is -0.304 e. The predicted octanol–water partition coefficient (Wildman–Crippen LogP) is 1.93. The summed E-state index contributed by atoms with van der Waals surface area (Å²) in [5, 5.41) is 0.275. The molecule has 0 amide bonds. The first-order valence-corrected chi connectivity index (χ1v) is 6.98. The van der Waals surface area contributed by atoms with Crippen LogP contribution in [0.4, 0.5) is 0 Å². The van der Waals surface area contributed by atoms with Crippen molar-refractivity contribution in [2.24, 2.45) is 0 Å². The molecule has 2 heterocycles. The van der Waals surface area contributed by atoms with Gasteiger partial charge in [0.25, 0.3) is 0 Å². The van der Waals surface area contributed by atoms with Crippen molar-refractivity contribution < 1.29 is 4.79 Å². The van der Waals surface area contributed by atoms with Gasteiger partial charge in [0, 0.05) is 36.8 Å². The van der Waals surface area contributed by atoms with Crippen molar-refractivity contribution in [3.05, 3.63) is 27.5 Å². The molecular formula is C12H15BrClN3O. The number of likely N-dealkylation sites (N-methyl/N-ethyl adjacent to an activating group) is 1. The van der Waals surface area contributed by atoms with E-state index in [-0.39, 0.29) is 10.9 Å². The highest BCUT2D eigenvalue weighted by Gasteiger charge is 2.19. The second kappa shape index (κ2) is 6.10. The summed E-state index contributed by atoms with van der Waals surface area (Å²) in [5.74, 6) is 0.0263. The third-order valence-electron chi connectivity index (χ3n) is 3.07. The third kappa shape index (κ3) is 3.51. The number of ketones is 1. The van der Waals surface area contributed by atoms with Gasteiger partial charge < -0.3 is 4.90 Å². The second-order valence-electron chi connectivity index (χ2n) is 4.49. The van der Waals surface area contributed by atoms with Gasteiger partial charge in [-0.1, -0.05) is 11.6 Å². The van der Waals surface area contributed by atoms with Crippen LogP contribution in [0.3, 0.4) is 0 Å². The van der Waals surface area contributed by atoms with Crippen molar-refractivity contribution in [3.63, 3.8) is 0 Å². The molecular weight excluding hydrogens is 318 g/mol. The van der Waals surface area contributed by atoms with Gasteiger partial charge in [0.15, 0.2) is 5.78 Å². The van der Waals surface area contributed by atoms with Gasteiger partial charge >= 0.3 is 0 Å². The Labute approximate surface area is 120 Å². The zero-order chi connectivity index (χ0) is 13.1. The maximum Gasteiger partial charge on any atom is 0.179 e. The number of piperazine rings is 1. The molecule has 98 valence electrons. The van der Waals surface area contributed by atoms with Gasteiger partial charge in [0.05, 0.1) is 12.1 Å². The first kappa shape index (κ1) is 13.9. The normalized spacial score (nSPS) is 17.9. The summed E-state index contributed by atoms with van der Waals surface area (Å²) in [5.41, 5.74) is 0.491. The first-order chi connectivity index (χ1) is 8.56. The van der Waals surface area contributed by atoms with Crippen LogP contribution in [0.15, 0.2) is 16.7 Å². The first-order valence-electron chi connectivity index (χ1n) is 5.81. The fourth-order valence-electron chi connectivity index (χ4n) is 1.91. The van der Waals surface area contributed by atoms with E-state index in [1.807, 2.05) is 0 Å². The number of nitrogens with zero attached hydrogens (tertiary/aromatic N) is 3. The van der Waals surface area contributed by atoms with E-state index in [1.54, 1.807) is 12.3 Å². The van der Waals surface area contributed by atoms with Gasteiger partial charge in [0.1, 0.15) is 5.15 Å². The van der Waals surface area contributed by atoms with Crippen molar-refractivity contribution in [3.8, 4) is 0 Å². The Balaban J connectivity index is 2.01. The van der Waals surface area contributed by atoms with Crippen molar-refractivity contribution >= 4 is 33.3 Å². The molecule has 1 aromatic rings. The summed E-state index contributed by atoms with van der Waals surface area (Å²) in [6, 6.07) is 1.73. The van der Waals surface area contributed by atoms with Crippen LogP contribution in [0.2, 0.25) is 5.15 Å². The lowest BCUT2D eigenvalue weighted by Gasteiger charge is -2.31. The Bertz CT molecular complexity index is 447. The van der Waals surface area contributed by atoms with Crippen molar-refractivity contribution in [1.29, 1.82) is 0 Å². The Morgan fingerprint density at radius 2 is 2.11 bits per heavy atom. The molecule has 1 saturated heterocycles. The van der Waals surface area contributed by atoms with E-state index >= 15 is 0 Å². The van der Waals surface area contributed by atoms with Crippen molar-refractivity contribution in [1.82, 2.24) is 14.8 Å². The van der Waals surface area contributed by atoms with Crippen LogP contribution in [0.25, 0.3) is 0 Å². The van der Waals surface area contributed by atoms with Crippen molar-refractivity contribution in [2.45, 2.75) is 0 Å². The number of aromatic nitrogens is 1. The average Bonchev–Trinajstić information content (AvgIpc) is 2.35. The Kier molecular flexibility index (Phi) is 4.72. The molecule has 0 radical (unpaired) electrons. The molecule has 0 N–H and O–H groups in total. The predicted molar refractivity (Wildman–Crippen MR) is 75.2 cm³/mol. The quantitative estimate of drug-likeness (QED) is 0.626. The standard InChI is InChI=1S/C12H15BrClN3O/c1-16-2-4-17(5-3-16)8-11(18)10-6-9(13)7-15-12(10)14/h6-7H,2-5,8H2,1H3. The minimum absolute atomic E-state index is 0.0263. The summed E-state index contributed by atoms with van der Waals surface area (Å²) in [7, 11) is 2.09. The third-order valence-corrected chi connectivity index (χ3v) is 3.80. The molecule has 2 rings (SSSR count). The van der Waals surface area contributed by atoms with Crippen LogP contribution in [-0.2, 0) is 0 Å². The largest absolute Gasteiger partial charge is 0.304 e. The number of carbonyl (C=O) groups excluding carboxylic acids is 1. The van der Waals surface area contributed by atoms with Gasteiger partial charge in [-0.05, 0) is 29.0 Å². The van der Waals surface area contributed by atoms with Crippen molar-refractivity contribution in [2.75, 3.05) is 39.8 Å². The van der Waals surface area contributed by atoms with Gasteiger partial charge in [-0.2, -0.15) is 0 Å². The lowest BCUT2D eigenvalue weighted by atomic mass is 10.1. The zero-order valence-corrected chi connectivity index (χ0v) is 12.5. The topological polar surface area (TPSA) is 36.4 Å². The van der Waals surface area contributed by atoms with E-state index in [0.717, 1.165) is 30.7 Å². The lowest BCUT2D eigenvalue weighted by molar-refractivity contribution is 0.0876.